The molecule has 2 saturated heterocycles. The fourth-order valence-corrected chi connectivity index (χ4v) is 3.44. The van der Waals surface area contributed by atoms with E-state index in [-0.39, 0.29) is 18.3 Å². The number of nitrogens with one attached hydrogen (secondary N) is 1. The number of aryl methyl sites for hydroxylation is 2. The number of halogens is 1. The smallest absolute Gasteiger partial charge is 0.254 e. The van der Waals surface area contributed by atoms with Gasteiger partial charge in [-0.05, 0) is 44.2 Å². The first-order chi connectivity index (χ1) is 9.15. The van der Waals surface area contributed by atoms with Crippen molar-refractivity contribution in [3.8, 4) is 0 Å². The summed E-state index contributed by atoms with van der Waals surface area (Å²) in [5, 5.41) is 3.62. The van der Waals surface area contributed by atoms with Crippen LogP contribution in [0, 0.1) is 13.8 Å². The highest BCUT2D eigenvalue weighted by Crippen LogP contribution is 2.23. The maximum absolute atomic E-state index is 12.8. The van der Waals surface area contributed by atoms with E-state index in [1.165, 1.54) is 12.8 Å². The molecule has 20 heavy (non-hydrogen) atoms. The molecular weight excluding hydrogens is 272 g/mol. The molecule has 1 N–H and O–H groups in total. The lowest BCUT2D eigenvalue weighted by molar-refractivity contribution is 0.0746. The Bertz CT molecular complexity index is 483. The molecule has 2 atom stereocenters. The minimum absolute atomic E-state index is 0. The standard InChI is InChI=1S/C16H22N2O.ClH/c1-11-4-3-5-12(2)15(11)16(19)18-9-8-13-6-7-14(10-18)17-13;/h3-5,13-14,17H,6-10H2,1-2H3;1H. The third-order valence-electron chi connectivity index (χ3n) is 4.51. The molecule has 3 rings (SSSR count). The molecule has 0 aliphatic carbocycles. The number of rotatable bonds is 1. The number of carbonyl (C=O) groups excluding carboxylic acids is 1. The molecule has 4 heteroatoms. The van der Waals surface area contributed by atoms with Crippen LogP contribution < -0.4 is 5.32 Å². The third-order valence-corrected chi connectivity index (χ3v) is 4.51. The SMILES string of the molecule is Cc1cccc(C)c1C(=O)N1CCC2CCC(C1)N2.Cl. The normalized spacial score (nSPS) is 25.0. The van der Waals surface area contributed by atoms with Crippen molar-refractivity contribution >= 4 is 18.3 Å². The summed E-state index contributed by atoms with van der Waals surface area (Å²) in [6.45, 7) is 5.81. The van der Waals surface area contributed by atoms with Gasteiger partial charge in [-0.2, -0.15) is 0 Å². The van der Waals surface area contributed by atoms with Crippen LogP contribution in [0.5, 0.6) is 0 Å². The zero-order valence-corrected chi connectivity index (χ0v) is 13.0. The van der Waals surface area contributed by atoms with E-state index in [9.17, 15) is 4.79 Å². The molecule has 0 saturated carbocycles. The van der Waals surface area contributed by atoms with Gasteiger partial charge in [0, 0.05) is 30.7 Å². The number of fused-ring (bicyclic) bond motifs is 2. The van der Waals surface area contributed by atoms with E-state index in [2.05, 4.69) is 5.32 Å². The Hall–Kier alpha value is -1.06. The van der Waals surface area contributed by atoms with Crippen LogP contribution in [0.3, 0.4) is 0 Å². The second kappa shape index (κ2) is 6.15. The van der Waals surface area contributed by atoms with Crippen LogP contribution in [0.4, 0.5) is 0 Å². The lowest BCUT2D eigenvalue weighted by Gasteiger charge is -2.25. The maximum Gasteiger partial charge on any atom is 0.254 e. The van der Waals surface area contributed by atoms with Crippen LogP contribution in [0.25, 0.3) is 0 Å². The summed E-state index contributed by atoms with van der Waals surface area (Å²) in [5.74, 6) is 0.213. The van der Waals surface area contributed by atoms with Gasteiger partial charge in [-0.25, -0.2) is 0 Å². The van der Waals surface area contributed by atoms with Gasteiger partial charge in [-0.3, -0.25) is 4.79 Å². The Morgan fingerprint density at radius 1 is 1.15 bits per heavy atom. The van der Waals surface area contributed by atoms with E-state index < -0.39 is 0 Å². The minimum atomic E-state index is 0. The average Bonchev–Trinajstić information content (AvgIpc) is 2.68. The molecule has 2 unspecified atom stereocenters. The van der Waals surface area contributed by atoms with Crippen molar-refractivity contribution < 1.29 is 4.79 Å². The summed E-state index contributed by atoms with van der Waals surface area (Å²) < 4.78 is 0. The minimum Gasteiger partial charge on any atom is -0.337 e. The Labute approximate surface area is 127 Å². The number of likely N-dealkylation sites (tertiary alicyclic amines) is 1. The summed E-state index contributed by atoms with van der Waals surface area (Å²) in [6, 6.07) is 7.21. The van der Waals surface area contributed by atoms with Crippen molar-refractivity contribution in [2.24, 2.45) is 0 Å². The molecule has 2 aliphatic rings. The monoisotopic (exact) mass is 294 g/mol. The van der Waals surface area contributed by atoms with Crippen LogP contribution in [0.1, 0.15) is 40.7 Å². The molecule has 3 nitrogen and oxygen atoms in total. The fourth-order valence-electron chi connectivity index (χ4n) is 3.44. The topological polar surface area (TPSA) is 32.3 Å². The van der Waals surface area contributed by atoms with E-state index in [0.717, 1.165) is 36.2 Å². The first-order valence-corrected chi connectivity index (χ1v) is 7.26. The molecule has 0 radical (unpaired) electrons. The maximum atomic E-state index is 12.8. The first-order valence-electron chi connectivity index (χ1n) is 7.26. The number of hydrogen-bond acceptors (Lipinski definition) is 2. The Morgan fingerprint density at radius 2 is 1.80 bits per heavy atom. The molecule has 2 aliphatic heterocycles. The van der Waals surface area contributed by atoms with Gasteiger partial charge in [0.15, 0.2) is 0 Å². The van der Waals surface area contributed by atoms with Crippen molar-refractivity contribution in [2.45, 2.75) is 45.2 Å². The highest BCUT2D eigenvalue weighted by Gasteiger charge is 2.32. The molecule has 1 aromatic carbocycles. The van der Waals surface area contributed by atoms with Gasteiger partial charge >= 0.3 is 0 Å². The van der Waals surface area contributed by atoms with Crippen LogP contribution in [0.2, 0.25) is 0 Å². The molecule has 1 aromatic rings. The molecular formula is C16H23ClN2O. The van der Waals surface area contributed by atoms with E-state index in [1.807, 2.05) is 36.9 Å². The van der Waals surface area contributed by atoms with E-state index in [4.69, 9.17) is 0 Å². The third kappa shape index (κ3) is 2.84. The first kappa shape index (κ1) is 15.3. The summed E-state index contributed by atoms with van der Waals surface area (Å²) in [5.41, 5.74) is 3.08. The van der Waals surface area contributed by atoms with Gasteiger partial charge in [0.1, 0.15) is 0 Å². The fraction of sp³-hybridized carbons (Fsp3) is 0.562. The summed E-state index contributed by atoms with van der Waals surface area (Å²) in [7, 11) is 0. The van der Waals surface area contributed by atoms with Gasteiger partial charge in [0.25, 0.3) is 5.91 Å². The molecule has 0 spiro atoms. The van der Waals surface area contributed by atoms with Gasteiger partial charge in [-0.15, -0.1) is 12.4 Å². The lowest BCUT2D eigenvalue weighted by Crippen LogP contribution is -2.39. The highest BCUT2D eigenvalue weighted by molar-refractivity contribution is 5.97. The largest absolute Gasteiger partial charge is 0.337 e. The van der Waals surface area contributed by atoms with Crippen molar-refractivity contribution in [1.82, 2.24) is 10.2 Å². The van der Waals surface area contributed by atoms with Gasteiger partial charge in [-0.1, -0.05) is 18.2 Å². The number of carbonyl (C=O) groups is 1. The molecule has 2 fully saturated rings. The highest BCUT2D eigenvalue weighted by atomic mass is 35.5. The molecule has 1 amide bonds. The van der Waals surface area contributed by atoms with Crippen molar-refractivity contribution in [1.29, 1.82) is 0 Å². The van der Waals surface area contributed by atoms with E-state index >= 15 is 0 Å². The van der Waals surface area contributed by atoms with E-state index in [1.54, 1.807) is 0 Å². The molecule has 0 aromatic heterocycles. The van der Waals surface area contributed by atoms with Crippen LogP contribution in [-0.2, 0) is 0 Å². The summed E-state index contributed by atoms with van der Waals surface area (Å²) in [4.78, 5) is 14.8. The van der Waals surface area contributed by atoms with Gasteiger partial charge in [0.05, 0.1) is 0 Å². The molecule has 2 heterocycles. The summed E-state index contributed by atoms with van der Waals surface area (Å²) in [6.07, 6.45) is 3.57. The van der Waals surface area contributed by atoms with Crippen LogP contribution in [0.15, 0.2) is 18.2 Å². The second-order valence-corrected chi connectivity index (χ2v) is 5.94. The zero-order chi connectivity index (χ0) is 13.4. The quantitative estimate of drug-likeness (QED) is 0.864. The van der Waals surface area contributed by atoms with Crippen molar-refractivity contribution in [2.75, 3.05) is 13.1 Å². The van der Waals surface area contributed by atoms with Crippen molar-refractivity contribution in [3.05, 3.63) is 34.9 Å². The molecule has 2 bridgehead atoms. The second-order valence-electron chi connectivity index (χ2n) is 5.94. The van der Waals surface area contributed by atoms with Crippen LogP contribution >= 0.6 is 12.4 Å². The average molecular weight is 295 g/mol. The van der Waals surface area contributed by atoms with E-state index in [0.29, 0.717) is 12.1 Å². The summed E-state index contributed by atoms with van der Waals surface area (Å²) >= 11 is 0. The Balaban J connectivity index is 0.00000147. The van der Waals surface area contributed by atoms with Crippen molar-refractivity contribution in [3.63, 3.8) is 0 Å². The van der Waals surface area contributed by atoms with Gasteiger partial charge in [0.2, 0.25) is 0 Å². The number of benzene rings is 1. The number of nitrogens with zero attached hydrogens (tertiary/aromatic N) is 1. The number of amides is 1. The van der Waals surface area contributed by atoms with Gasteiger partial charge < -0.3 is 10.2 Å². The van der Waals surface area contributed by atoms with Crippen LogP contribution in [-0.4, -0.2) is 36.0 Å². The lowest BCUT2D eigenvalue weighted by atomic mass is 10.0. The Kier molecular flexibility index (Phi) is 4.71. The predicted molar refractivity (Wildman–Crippen MR) is 83.6 cm³/mol. The molecule has 110 valence electrons. The Morgan fingerprint density at radius 3 is 2.50 bits per heavy atom. The predicted octanol–water partition coefficient (Wildman–Crippen LogP) is 2.69. The number of hydrogen-bond donors (Lipinski definition) is 1. The zero-order valence-electron chi connectivity index (χ0n) is 12.2.